The molecule has 25 heavy (non-hydrogen) atoms. The van der Waals surface area contributed by atoms with Crippen LogP contribution in [0.1, 0.15) is 59.3 Å². The van der Waals surface area contributed by atoms with Crippen LogP contribution in [-0.2, 0) is 14.4 Å². The average Bonchev–Trinajstić information content (AvgIpc) is 2.91. The molecular formula is C21H27IO3. The van der Waals surface area contributed by atoms with Crippen molar-refractivity contribution in [2.45, 2.75) is 63.2 Å². The van der Waals surface area contributed by atoms with Gasteiger partial charge in [0.15, 0.2) is 5.78 Å². The van der Waals surface area contributed by atoms with E-state index in [-0.39, 0.29) is 38.2 Å². The molecule has 0 aromatic carbocycles. The number of alkyl halides is 1. The molecule has 4 heteroatoms. The van der Waals surface area contributed by atoms with Gasteiger partial charge >= 0.3 is 0 Å². The lowest BCUT2D eigenvalue weighted by atomic mass is 9.46. The Balaban J connectivity index is 1.79. The molecule has 3 fully saturated rings. The standard InChI is InChI=1S/C21H27IO3/c1-11(23)15-6-7-16-14-5-4-12-10-13(24)8-9-20(12,2)17(14)18(25)19(22)21(15,16)3/h10,14-17,19H,4-9H2,1-3H3/t14-,15+,16-,17?,19-,20-,21+/m0/s1. The van der Waals surface area contributed by atoms with Crippen LogP contribution in [0.3, 0.4) is 0 Å². The fourth-order valence-electron chi connectivity index (χ4n) is 6.98. The second-order valence-corrected chi connectivity index (χ2v) is 10.5. The van der Waals surface area contributed by atoms with Crippen LogP contribution < -0.4 is 0 Å². The molecule has 0 saturated heterocycles. The number of halogens is 1. The van der Waals surface area contributed by atoms with Crippen molar-refractivity contribution in [1.29, 1.82) is 0 Å². The molecule has 0 amide bonds. The average molecular weight is 454 g/mol. The van der Waals surface area contributed by atoms with E-state index in [9.17, 15) is 14.4 Å². The number of rotatable bonds is 1. The van der Waals surface area contributed by atoms with Gasteiger partial charge in [-0.05, 0) is 67.8 Å². The van der Waals surface area contributed by atoms with Crippen molar-refractivity contribution in [3.8, 4) is 0 Å². The van der Waals surface area contributed by atoms with Crippen LogP contribution in [-0.4, -0.2) is 21.3 Å². The number of carbonyl (C=O) groups is 3. The lowest BCUT2D eigenvalue weighted by Gasteiger charge is -2.58. The summed E-state index contributed by atoms with van der Waals surface area (Å²) in [7, 11) is 0. The van der Waals surface area contributed by atoms with Gasteiger partial charge in [-0.15, -0.1) is 0 Å². The van der Waals surface area contributed by atoms with Crippen LogP contribution in [0.2, 0.25) is 0 Å². The summed E-state index contributed by atoms with van der Waals surface area (Å²) in [6, 6.07) is 0. The fourth-order valence-corrected chi connectivity index (χ4v) is 8.26. The Morgan fingerprint density at radius 2 is 1.88 bits per heavy atom. The van der Waals surface area contributed by atoms with Gasteiger partial charge in [0.1, 0.15) is 11.6 Å². The highest BCUT2D eigenvalue weighted by Gasteiger charge is 2.66. The minimum Gasteiger partial charge on any atom is -0.300 e. The van der Waals surface area contributed by atoms with Crippen LogP contribution in [0.4, 0.5) is 0 Å². The van der Waals surface area contributed by atoms with E-state index in [0.29, 0.717) is 24.0 Å². The molecular weight excluding hydrogens is 427 g/mol. The van der Waals surface area contributed by atoms with E-state index in [4.69, 9.17) is 0 Å². The van der Waals surface area contributed by atoms with Crippen molar-refractivity contribution < 1.29 is 14.4 Å². The molecule has 136 valence electrons. The lowest BCUT2D eigenvalue weighted by molar-refractivity contribution is -0.145. The van der Waals surface area contributed by atoms with E-state index in [1.807, 2.05) is 6.08 Å². The largest absolute Gasteiger partial charge is 0.300 e. The number of hydrogen-bond acceptors (Lipinski definition) is 3. The minimum atomic E-state index is -0.188. The van der Waals surface area contributed by atoms with Gasteiger partial charge in [-0.2, -0.15) is 0 Å². The number of ketones is 3. The number of fused-ring (bicyclic) bond motifs is 5. The van der Waals surface area contributed by atoms with Gasteiger partial charge in [0.25, 0.3) is 0 Å². The molecule has 0 aromatic rings. The zero-order chi connectivity index (χ0) is 18.1. The molecule has 4 aliphatic carbocycles. The summed E-state index contributed by atoms with van der Waals surface area (Å²) in [5, 5.41) is 0. The number of hydrogen-bond donors (Lipinski definition) is 0. The molecule has 0 aliphatic heterocycles. The molecule has 4 rings (SSSR count). The highest BCUT2D eigenvalue weighted by Crippen LogP contribution is 2.66. The quantitative estimate of drug-likeness (QED) is 0.438. The first-order chi connectivity index (χ1) is 11.7. The van der Waals surface area contributed by atoms with Gasteiger partial charge in [-0.1, -0.05) is 42.0 Å². The second kappa shape index (κ2) is 5.74. The Bertz CT molecular complexity index is 695. The smallest absolute Gasteiger partial charge is 0.155 e. The van der Waals surface area contributed by atoms with E-state index in [2.05, 4.69) is 36.4 Å². The van der Waals surface area contributed by atoms with E-state index in [0.717, 1.165) is 32.1 Å². The predicted molar refractivity (Wildman–Crippen MR) is 104 cm³/mol. The third-order valence-corrected chi connectivity index (χ3v) is 10.2. The molecule has 3 nitrogen and oxygen atoms in total. The van der Waals surface area contributed by atoms with Crippen molar-refractivity contribution in [1.82, 2.24) is 0 Å². The zero-order valence-electron chi connectivity index (χ0n) is 15.3. The Kier molecular flexibility index (Phi) is 4.10. The maximum atomic E-state index is 13.6. The lowest BCUT2D eigenvalue weighted by Crippen LogP contribution is -2.60. The summed E-state index contributed by atoms with van der Waals surface area (Å²) >= 11 is 2.34. The van der Waals surface area contributed by atoms with Gasteiger partial charge in [0.05, 0.1) is 3.92 Å². The second-order valence-electron chi connectivity index (χ2n) is 9.21. The topological polar surface area (TPSA) is 51.2 Å². The summed E-state index contributed by atoms with van der Waals surface area (Å²) in [4.78, 5) is 37.8. The summed E-state index contributed by atoms with van der Waals surface area (Å²) in [5.41, 5.74) is 0.881. The van der Waals surface area contributed by atoms with Crippen LogP contribution in [0, 0.1) is 34.5 Å². The molecule has 3 saturated carbocycles. The van der Waals surface area contributed by atoms with E-state index in [1.54, 1.807) is 6.92 Å². The maximum Gasteiger partial charge on any atom is 0.155 e. The Morgan fingerprint density at radius 1 is 1.16 bits per heavy atom. The third-order valence-electron chi connectivity index (χ3n) is 8.25. The molecule has 0 N–H and O–H groups in total. The molecule has 7 atom stereocenters. The molecule has 1 unspecified atom stereocenters. The van der Waals surface area contributed by atoms with E-state index >= 15 is 0 Å². The zero-order valence-corrected chi connectivity index (χ0v) is 17.5. The van der Waals surface area contributed by atoms with Crippen molar-refractivity contribution in [2.75, 3.05) is 0 Å². The molecule has 0 aromatic heterocycles. The molecule has 0 heterocycles. The first-order valence-electron chi connectivity index (χ1n) is 9.63. The maximum absolute atomic E-state index is 13.6. The summed E-state index contributed by atoms with van der Waals surface area (Å²) in [5.74, 6) is 1.73. The minimum absolute atomic E-state index is 0.0296. The van der Waals surface area contributed by atoms with Gasteiger partial charge in [0.2, 0.25) is 0 Å². The van der Waals surface area contributed by atoms with Crippen LogP contribution in [0.5, 0.6) is 0 Å². The van der Waals surface area contributed by atoms with Crippen molar-refractivity contribution in [3.05, 3.63) is 11.6 Å². The van der Waals surface area contributed by atoms with Gasteiger partial charge in [0, 0.05) is 18.3 Å². The normalized spacial score (nSPS) is 49.1. The van der Waals surface area contributed by atoms with Gasteiger partial charge < -0.3 is 0 Å². The molecule has 0 bridgehead atoms. The molecule has 0 spiro atoms. The Morgan fingerprint density at radius 3 is 2.56 bits per heavy atom. The molecule has 0 radical (unpaired) electrons. The summed E-state index contributed by atoms with van der Waals surface area (Å²) in [6.45, 7) is 6.14. The summed E-state index contributed by atoms with van der Waals surface area (Å²) < 4.78 is -0.0958. The SMILES string of the molecule is CC(=O)[C@H]1CC[C@H]2[C@@H]3CCC4=CC(=O)CC[C@]4(C)C3C(=O)[C@H](I)[C@]12C. The van der Waals surface area contributed by atoms with Crippen LogP contribution in [0.15, 0.2) is 11.6 Å². The third kappa shape index (κ3) is 2.24. The highest BCUT2D eigenvalue weighted by atomic mass is 127. The highest BCUT2D eigenvalue weighted by molar-refractivity contribution is 14.1. The van der Waals surface area contributed by atoms with E-state index < -0.39 is 0 Å². The van der Waals surface area contributed by atoms with Crippen molar-refractivity contribution in [2.24, 2.45) is 34.5 Å². The monoisotopic (exact) mass is 454 g/mol. The fraction of sp³-hybridized carbons (Fsp3) is 0.762. The van der Waals surface area contributed by atoms with Crippen LogP contribution >= 0.6 is 22.6 Å². The van der Waals surface area contributed by atoms with Gasteiger partial charge in [-0.25, -0.2) is 0 Å². The number of Topliss-reactive ketones (excluding diaryl/α,β-unsaturated/α-hetero) is 2. The van der Waals surface area contributed by atoms with Gasteiger partial charge in [-0.3, -0.25) is 14.4 Å². The number of carbonyl (C=O) groups excluding carboxylic acids is 3. The first kappa shape index (κ1) is 17.9. The Hall–Kier alpha value is -0.520. The number of allylic oxidation sites excluding steroid dienone is 1. The van der Waals surface area contributed by atoms with E-state index in [1.165, 1.54) is 5.57 Å². The van der Waals surface area contributed by atoms with Crippen molar-refractivity contribution in [3.63, 3.8) is 0 Å². The Labute approximate surface area is 163 Å². The first-order valence-corrected chi connectivity index (χ1v) is 10.9. The summed E-state index contributed by atoms with van der Waals surface area (Å²) in [6.07, 6.45) is 7.18. The van der Waals surface area contributed by atoms with Crippen molar-refractivity contribution >= 4 is 39.9 Å². The molecule has 4 aliphatic rings. The van der Waals surface area contributed by atoms with Crippen LogP contribution in [0.25, 0.3) is 0 Å². The predicted octanol–water partition coefficient (Wildman–Crippen LogP) is 4.32.